The van der Waals surface area contributed by atoms with Gasteiger partial charge in [-0.15, -0.1) is 0 Å². The van der Waals surface area contributed by atoms with Gasteiger partial charge in [0.05, 0.1) is 0 Å². The molecule has 0 aliphatic heterocycles. The van der Waals surface area contributed by atoms with Crippen LogP contribution in [0.3, 0.4) is 0 Å². The van der Waals surface area contributed by atoms with E-state index in [2.05, 4.69) is 39.7 Å². The number of rotatable bonds is 2. The fraction of sp³-hybridized carbons (Fsp3) is 0.692. The van der Waals surface area contributed by atoms with Crippen LogP contribution in [0.5, 0.6) is 5.88 Å². The van der Waals surface area contributed by atoms with E-state index in [0.29, 0.717) is 12.0 Å². The molecule has 1 saturated carbocycles. The van der Waals surface area contributed by atoms with Gasteiger partial charge >= 0.3 is 0 Å². The van der Waals surface area contributed by atoms with Gasteiger partial charge in [-0.2, -0.15) is 4.98 Å². The van der Waals surface area contributed by atoms with Crippen LogP contribution < -0.4 is 4.74 Å². The fourth-order valence-corrected chi connectivity index (χ4v) is 3.16. The van der Waals surface area contributed by atoms with Gasteiger partial charge in [-0.25, -0.2) is 4.98 Å². The molecule has 4 heteroatoms. The predicted molar refractivity (Wildman–Crippen MR) is 71.1 cm³/mol. The zero-order chi connectivity index (χ0) is 12.4. The van der Waals surface area contributed by atoms with Crippen molar-refractivity contribution in [2.75, 3.05) is 0 Å². The van der Waals surface area contributed by atoms with Crippen molar-refractivity contribution in [3.8, 4) is 5.88 Å². The number of hydrogen-bond donors (Lipinski definition) is 0. The monoisotopic (exact) mass is 298 g/mol. The Labute approximate surface area is 111 Å². The number of nitrogens with zero attached hydrogens (tertiary/aromatic N) is 2. The maximum Gasteiger partial charge on any atom is 0.217 e. The summed E-state index contributed by atoms with van der Waals surface area (Å²) in [5, 5.41) is 0. The summed E-state index contributed by atoms with van der Waals surface area (Å²) < 4.78 is 6.77. The van der Waals surface area contributed by atoms with Crippen molar-refractivity contribution in [1.29, 1.82) is 0 Å². The van der Waals surface area contributed by atoms with E-state index in [1.54, 1.807) is 0 Å². The first-order chi connectivity index (χ1) is 8.02. The van der Waals surface area contributed by atoms with E-state index in [-0.39, 0.29) is 0 Å². The van der Waals surface area contributed by atoms with E-state index in [0.717, 1.165) is 35.1 Å². The molecule has 0 spiro atoms. The largest absolute Gasteiger partial charge is 0.474 e. The van der Waals surface area contributed by atoms with Gasteiger partial charge < -0.3 is 4.74 Å². The third-order valence-electron chi connectivity index (χ3n) is 3.21. The Balaban J connectivity index is 2.04. The first-order valence-electron chi connectivity index (χ1n) is 6.20. The van der Waals surface area contributed by atoms with Crippen LogP contribution in [-0.4, -0.2) is 16.1 Å². The minimum absolute atomic E-state index is 0.301. The standard InChI is InChI=1S/C13H19BrN2O/c1-8-4-9(2)6-11(5-8)17-13-7-12(14)15-10(3)16-13/h7-9,11H,4-6H2,1-3H3. The van der Waals surface area contributed by atoms with Crippen LogP contribution in [0.4, 0.5) is 0 Å². The van der Waals surface area contributed by atoms with Crippen LogP contribution in [0.1, 0.15) is 38.9 Å². The predicted octanol–water partition coefficient (Wildman–Crippen LogP) is 3.75. The third-order valence-corrected chi connectivity index (χ3v) is 3.61. The lowest BCUT2D eigenvalue weighted by Crippen LogP contribution is -2.28. The van der Waals surface area contributed by atoms with Crippen molar-refractivity contribution in [2.45, 2.75) is 46.1 Å². The van der Waals surface area contributed by atoms with E-state index >= 15 is 0 Å². The molecule has 2 rings (SSSR count). The highest BCUT2D eigenvalue weighted by Gasteiger charge is 2.25. The van der Waals surface area contributed by atoms with Crippen molar-refractivity contribution in [3.05, 3.63) is 16.5 Å². The van der Waals surface area contributed by atoms with Gasteiger partial charge in [-0.3, -0.25) is 0 Å². The molecule has 17 heavy (non-hydrogen) atoms. The zero-order valence-electron chi connectivity index (χ0n) is 10.6. The van der Waals surface area contributed by atoms with E-state index in [1.807, 2.05) is 13.0 Å². The summed E-state index contributed by atoms with van der Waals surface area (Å²) in [6, 6.07) is 1.84. The average molecular weight is 299 g/mol. The van der Waals surface area contributed by atoms with Gasteiger partial charge in [-0.1, -0.05) is 13.8 Å². The molecule has 3 nitrogen and oxygen atoms in total. The summed E-state index contributed by atoms with van der Waals surface area (Å²) >= 11 is 3.37. The molecule has 0 N–H and O–H groups in total. The number of hydrogen-bond acceptors (Lipinski definition) is 3. The molecular weight excluding hydrogens is 280 g/mol. The Hall–Kier alpha value is -0.640. The number of halogens is 1. The molecule has 1 heterocycles. The Bertz CT molecular complexity index is 367. The van der Waals surface area contributed by atoms with Gasteiger partial charge in [0, 0.05) is 6.07 Å². The maximum atomic E-state index is 5.98. The Morgan fingerprint density at radius 2 is 1.82 bits per heavy atom. The highest BCUT2D eigenvalue weighted by molar-refractivity contribution is 9.10. The lowest BCUT2D eigenvalue weighted by Gasteiger charge is -2.31. The first kappa shape index (κ1) is 12.8. The van der Waals surface area contributed by atoms with Crippen LogP contribution in [0, 0.1) is 18.8 Å². The van der Waals surface area contributed by atoms with Crippen LogP contribution in [0.25, 0.3) is 0 Å². The SMILES string of the molecule is Cc1nc(Br)cc(OC2CC(C)CC(C)C2)n1. The van der Waals surface area contributed by atoms with Crippen LogP contribution in [-0.2, 0) is 0 Å². The summed E-state index contributed by atoms with van der Waals surface area (Å²) in [4.78, 5) is 8.50. The first-order valence-corrected chi connectivity index (χ1v) is 7.00. The summed E-state index contributed by atoms with van der Waals surface area (Å²) in [6.45, 7) is 6.48. The van der Waals surface area contributed by atoms with Gasteiger partial charge in [-0.05, 0) is 54.0 Å². The molecule has 0 amide bonds. The van der Waals surface area contributed by atoms with E-state index in [4.69, 9.17) is 4.74 Å². The van der Waals surface area contributed by atoms with E-state index < -0.39 is 0 Å². The minimum Gasteiger partial charge on any atom is -0.474 e. The van der Waals surface area contributed by atoms with E-state index in [1.165, 1.54) is 6.42 Å². The summed E-state index contributed by atoms with van der Waals surface area (Å²) in [6.07, 6.45) is 3.87. The molecule has 0 bridgehead atoms. The van der Waals surface area contributed by atoms with Gasteiger partial charge in [0.25, 0.3) is 0 Å². The molecule has 1 aromatic heterocycles. The lowest BCUT2D eigenvalue weighted by molar-refractivity contribution is 0.0963. The van der Waals surface area contributed by atoms with E-state index in [9.17, 15) is 0 Å². The highest BCUT2D eigenvalue weighted by atomic mass is 79.9. The van der Waals surface area contributed by atoms with Crippen LogP contribution in [0.15, 0.2) is 10.7 Å². The molecule has 1 aliphatic rings. The average Bonchev–Trinajstić information content (AvgIpc) is 2.13. The molecule has 1 fully saturated rings. The molecule has 0 saturated heterocycles. The lowest BCUT2D eigenvalue weighted by atomic mass is 9.82. The van der Waals surface area contributed by atoms with Crippen LogP contribution >= 0.6 is 15.9 Å². The van der Waals surface area contributed by atoms with Crippen molar-refractivity contribution < 1.29 is 4.74 Å². The zero-order valence-corrected chi connectivity index (χ0v) is 12.2. The molecule has 0 radical (unpaired) electrons. The molecule has 2 unspecified atom stereocenters. The summed E-state index contributed by atoms with van der Waals surface area (Å²) in [7, 11) is 0. The number of aryl methyl sites for hydroxylation is 1. The Morgan fingerprint density at radius 1 is 1.18 bits per heavy atom. The van der Waals surface area contributed by atoms with Gasteiger partial charge in [0.15, 0.2) is 0 Å². The van der Waals surface area contributed by atoms with Crippen LogP contribution in [0.2, 0.25) is 0 Å². The summed E-state index contributed by atoms with van der Waals surface area (Å²) in [5.74, 6) is 2.92. The molecule has 2 atom stereocenters. The van der Waals surface area contributed by atoms with Gasteiger partial charge in [0.2, 0.25) is 5.88 Å². The topological polar surface area (TPSA) is 35.0 Å². The van der Waals surface area contributed by atoms with Crippen molar-refractivity contribution >= 4 is 15.9 Å². The smallest absolute Gasteiger partial charge is 0.217 e. The normalized spacial score (nSPS) is 29.1. The molecular formula is C13H19BrN2O. The second kappa shape index (κ2) is 5.34. The highest BCUT2D eigenvalue weighted by Crippen LogP contribution is 2.31. The van der Waals surface area contributed by atoms with Gasteiger partial charge in [0.1, 0.15) is 16.5 Å². The Morgan fingerprint density at radius 3 is 2.41 bits per heavy atom. The molecule has 1 aliphatic carbocycles. The minimum atomic E-state index is 0.301. The Kier molecular flexibility index (Phi) is 4.02. The molecule has 94 valence electrons. The number of aromatic nitrogens is 2. The number of ether oxygens (including phenoxy) is 1. The third kappa shape index (κ3) is 3.66. The van der Waals surface area contributed by atoms with Crippen molar-refractivity contribution in [3.63, 3.8) is 0 Å². The summed E-state index contributed by atoms with van der Waals surface area (Å²) in [5.41, 5.74) is 0. The molecule has 1 aromatic rings. The second-order valence-corrected chi connectivity index (χ2v) is 6.05. The quantitative estimate of drug-likeness (QED) is 0.780. The fourth-order valence-electron chi connectivity index (χ4n) is 2.71. The van der Waals surface area contributed by atoms with Crippen molar-refractivity contribution in [1.82, 2.24) is 9.97 Å². The van der Waals surface area contributed by atoms with Crippen molar-refractivity contribution in [2.24, 2.45) is 11.8 Å². The maximum absolute atomic E-state index is 5.98. The second-order valence-electron chi connectivity index (χ2n) is 5.23. The molecule has 0 aromatic carbocycles.